The molecule has 0 unspecified atom stereocenters. The Morgan fingerprint density at radius 1 is 1.00 bits per heavy atom. The van der Waals surface area contributed by atoms with E-state index in [1.54, 1.807) is 0 Å². The highest BCUT2D eigenvalue weighted by Gasteiger charge is 2.41. The molecule has 0 aliphatic heterocycles. The molecule has 1 amide bonds. The Hall–Kier alpha value is -2.81. The molecule has 1 fully saturated rings. The zero-order chi connectivity index (χ0) is 21.8. The molecule has 1 aliphatic rings. The summed E-state index contributed by atoms with van der Waals surface area (Å²) in [6.07, 6.45) is 6.27. The Labute approximate surface area is 185 Å². The van der Waals surface area contributed by atoms with Crippen LogP contribution in [0.5, 0.6) is 5.75 Å². The maximum absolute atomic E-state index is 13.8. The van der Waals surface area contributed by atoms with Crippen LogP contribution in [-0.4, -0.2) is 12.0 Å². The number of rotatable bonds is 6. The quantitative estimate of drug-likeness (QED) is 0.463. The van der Waals surface area contributed by atoms with Gasteiger partial charge >= 0.3 is 0 Å². The fourth-order valence-corrected chi connectivity index (χ4v) is 4.77. The molecule has 0 bridgehead atoms. The molecule has 3 heteroatoms. The van der Waals surface area contributed by atoms with E-state index in [1.807, 2.05) is 24.3 Å². The minimum Gasteiger partial charge on any atom is -0.490 e. The molecule has 3 aromatic rings. The minimum atomic E-state index is -0.461. The molecule has 1 aliphatic carbocycles. The summed E-state index contributed by atoms with van der Waals surface area (Å²) in [6, 6.07) is 20.6. The largest absolute Gasteiger partial charge is 0.490 e. The van der Waals surface area contributed by atoms with Crippen molar-refractivity contribution < 1.29 is 9.53 Å². The van der Waals surface area contributed by atoms with Crippen molar-refractivity contribution in [3.63, 3.8) is 0 Å². The number of hydrogen-bond donors (Lipinski definition) is 1. The third-order valence-electron chi connectivity index (χ3n) is 6.75. The normalized spacial score (nSPS) is 16.6. The van der Waals surface area contributed by atoms with E-state index in [1.165, 1.54) is 12.0 Å². The number of carbonyl (C=O) groups is 1. The van der Waals surface area contributed by atoms with Gasteiger partial charge in [-0.1, -0.05) is 80.3 Å². The van der Waals surface area contributed by atoms with Crippen LogP contribution in [0.4, 0.5) is 5.69 Å². The zero-order valence-corrected chi connectivity index (χ0v) is 18.9. The molecule has 1 N–H and O–H groups in total. The first-order valence-electron chi connectivity index (χ1n) is 11.6. The summed E-state index contributed by atoms with van der Waals surface area (Å²) >= 11 is 0. The van der Waals surface area contributed by atoms with Crippen LogP contribution in [0.15, 0.2) is 60.7 Å². The molecule has 1 saturated carbocycles. The first kappa shape index (κ1) is 21.4. The lowest BCUT2D eigenvalue weighted by atomic mass is 9.68. The Morgan fingerprint density at radius 2 is 1.74 bits per heavy atom. The monoisotopic (exact) mass is 415 g/mol. The first-order chi connectivity index (χ1) is 15.0. The first-order valence-corrected chi connectivity index (χ1v) is 11.6. The van der Waals surface area contributed by atoms with Crippen molar-refractivity contribution in [3.8, 4) is 5.75 Å². The van der Waals surface area contributed by atoms with Crippen LogP contribution in [0.2, 0.25) is 0 Å². The summed E-state index contributed by atoms with van der Waals surface area (Å²) in [5.41, 5.74) is 2.74. The summed E-state index contributed by atoms with van der Waals surface area (Å²) in [5, 5.41) is 5.37. The van der Waals surface area contributed by atoms with E-state index in [0.29, 0.717) is 0 Å². The SMILES string of the molecule is CC[C@H](C)Oc1ccc(NC(=O)C2(c3cccc(C)c3)CCCCC2)c2ccccc12. The molecule has 1 atom stereocenters. The number of anilines is 1. The molecule has 3 nitrogen and oxygen atoms in total. The molecule has 31 heavy (non-hydrogen) atoms. The minimum absolute atomic E-state index is 0.110. The van der Waals surface area contributed by atoms with Gasteiger partial charge in [-0.05, 0) is 50.8 Å². The maximum atomic E-state index is 13.8. The predicted octanol–water partition coefficient (Wildman–Crippen LogP) is 7.17. The number of carbonyl (C=O) groups excluding carboxylic acids is 1. The van der Waals surface area contributed by atoms with Gasteiger partial charge in [0, 0.05) is 16.5 Å². The van der Waals surface area contributed by atoms with Crippen molar-refractivity contribution in [1.29, 1.82) is 0 Å². The van der Waals surface area contributed by atoms with Gasteiger partial charge in [0.05, 0.1) is 11.5 Å². The lowest BCUT2D eigenvalue weighted by Crippen LogP contribution is -2.42. The summed E-state index contributed by atoms with van der Waals surface area (Å²) in [7, 11) is 0. The summed E-state index contributed by atoms with van der Waals surface area (Å²) in [4.78, 5) is 13.8. The maximum Gasteiger partial charge on any atom is 0.235 e. The van der Waals surface area contributed by atoms with Gasteiger partial charge in [0.25, 0.3) is 0 Å². The Kier molecular flexibility index (Phi) is 6.31. The number of benzene rings is 3. The van der Waals surface area contributed by atoms with Crippen LogP contribution in [-0.2, 0) is 10.2 Å². The van der Waals surface area contributed by atoms with Gasteiger partial charge in [-0.15, -0.1) is 0 Å². The average Bonchev–Trinajstić information content (AvgIpc) is 2.81. The highest BCUT2D eigenvalue weighted by atomic mass is 16.5. The number of aryl methyl sites for hydroxylation is 1. The molecule has 0 heterocycles. The average molecular weight is 416 g/mol. The smallest absolute Gasteiger partial charge is 0.235 e. The van der Waals surface area contributed by atoms with Crippen molar-refractivity contribution in [2.45, 2.75) is 70.8 Å². The fraction of sp³-hybridized carbons (Fsp3) is 0.393. The third-order valence-corrected chi connectivity index (χ3v) is 6.75. The van der Waals surface area contributed by atoms with Crippen molar-refractivity contribution >= 4 is 22.4 Å². The second kappa shape index (κ2) is 9.13. The van der Waals surface area contributed by atoms with Crippen LogP contribution in [0.3, 0.4) is 0 Å². The molecule has 0 saturated heterocycles. The van der Waals surface area contributed by atoms with Crippen molar-refractivity contribution in [2.24, 2.45) is 0 Å². The van der Waals surface area contributed by atoms with E-state index in [4.69, 9.17) is 4.74 Å². The molecular weight excluding hydrogens is 382 g/mol. The molecule has 0 spiro atoms. The number of hydrogen-bond acceptors (Lipinski definition) is 2. The molecule has 0 aromatic heterocycles. The number of fused-ring (bicyclic) bond motifs is 1. The second-order valence-corrected chi connectivity index (χ2v) is 8.96. The highest BCUT2D eigenvalue weighted by molar-refractivity contribution is 6.07. The molecule has 0 radical (unpaired) electrons. The molecule has 4 rings (SSSR count). The van der Waals surface area contributed by atoms with E-state index in [-0.39, 0.29) is 12.0 Å². The van der Waals surface area contributed by atoms with Crippen LogP contribution in [0.25, 0.3) is 10.8 Å². The summed E-state index contributed by atoms with van der Waals surface area (Å²) in [5.74, 6) is 0.979. The topological polar surface area (TPSA) is 38.3 Å². The number of nitrogens with one attached hydrogen (secondary N) is 1. The Morgan fingerprint density at radius 3 is 2.45 bits per heavy atom. The predicted molar refractivity (Wildman–Crippen MR) is 129 cm³/mol. The number of ether oxygens (including phenoxy) is 1. The van der Waals surface area contributed by atoms with E-state index >= 15 is 0 Å². The number of amides is 1. The Balaban J connectivity index is 1.70. The highest BCUT2D eigenvalue weighted by Crippen LogP contribution is 2.41. The van der Waals surface area contributed by atoms with E-state index in [9.17, 15) is 4.79 Å². The molecule has 3 aromatic carbocycles. The van der Waals surface area contributed by atoms with Gasteiger partial charge < -0.3 is 10.1 Å². The van der Waals surface area contributed by atoms with Gasteiger partial charge in [0.2, 0.25) is 5.91 Å². The van der Waals surface area contributed by atoms with Gasteiger partial charge in [-0.3, -0.25) is 4.79 Å². The second-order valence-electron chi connectivity index (χ2n) is 8.96. The lowest BCUT2D eigenvalue weighted by molar-refractivity contribution is -0.122. The van der Waals surface area contributed by atoms with Crippen LogP contribution in [0, 0.1) is 6.92 Å². The lowest BCUT2D eigenvalue weighted by Gasteiger charge is -2.36. The van der Waals surface area contributed by atoms with Crippen LogP contribution >= 0.6 is 0 Å². The standard InChI is InChI=1S/C28H33NO2/c1-4-21(3)31-26-16-15-25(23-13-6-7-14-24(23)26)29-27(30)28(17-8-5-9-18-28)22-12-10-11-20(2)19-22/h6-7,10-16,19,21H,4-5,8-9,17-18H2,1-3H3,(H,29,30)/t21-/m0/s1. The van der Waals surface area contributed by atoms with Gasteiger partial charge in [0.1, 0.15) is 5.75 Å². The van der Waals surface area contributed by atoms with Crippen molar-refractivity contribution in [2.75, 3.05) is 5.32 Å². The summed E-state index contributed by atoms with van der Waals surface area (Å²) in [6.45, 7) is 6.30. The van der Waals surface area contributed by atoms with Gasteiger partial charge in [-0.2, -0.15) is 0 Å². The molecule has 162 valence electrons. The van der Waals surface area contributed by atoms with Crippen LogP contribution < -0.4 is 10.1 Å². The third kappa shape index (κ3) is 4.32. The fourth-order valence-electron chi connectivity index (χ4n) is 4.77. The van der Waals surface area contributed by atoms with Crippen molar-refractivity contribution in [1.82, 2.24) is 0 Å². The zero-order valence-electron chi connectivity index (χ0n) is 18.9. The van der Waals surface area contributed by atoms with Gasteiger partial charge in [-0.25, -0.2) is 0 Å². The molecular formula is C28H33NO2. The van der Waals surface area contributed by atoms with E-state index < -0.39 is 5.41 Å². The van der Waals surface area contributed by atoms with Crippen LogP contribution in [0.1, 0.15) is 63.5 Å². The van der Waals surface area contributed by atoms with E-state index in [0.717, 1.165) is 59.9 Å². The van der Waals surface area contributed by atoms with Gasteiger partial charge in [0.15, 0.2) is 0 Å². The summed E-state index contributed by atoms with van der Waals surface area (Å²) < 4.78 is 6.14. The Bertz CT molecular complexity index is 1070. The van der Waals surface area contributed by atoms with Crippen molar-refractivity contribution in [3.05, 3.63) is 71.8 Å². The van der Waals surface area contributed by atoms with E-state index in [2.05, 4.69) is 62.5 Å².